The smallest absolute Gasteiger partial charge is 0.408 e. The van der Waals surface area contributed by atoms with Crippen LogP contribution in [0.15, 0.2) is 0 Å². The van der Waals surface area contributed by atoms with Gasteiger partial charge in [0.1, 0.15) is 5.54 Å². The monoisotopic (exact) mass is 239 g/mol. The Hall–Kier alpha value is -1.28. The maximum absolute atomic E-state index is 11.6. The molecule has 0 saturated carbocycles. The molecule has 0 aromatic rings. The molecule has 96 valence electrons. The van der Waals surface area contributed by atoms with Crippen molar-refractivity contribution >= 4 is 6.09 Å². The van der Waals surface area contributed by atoms with Crippen molar-refractivity contribution in [1.82, 2.24) is 10.2 Å². The first-order valence-corrected chi connectivity index (χ1v) is 6.02. The van der Waals surface area contributed by atoms with Crippen LogP contribution in [-0.4, -0.2) is 43.3 Å². The predicted molar refractivity (Wildman–Crippen MR) is 64.4 cm³/mol. The molecule has 0 spiro atoms. The van der Waals surface area contributed by atoms with E-state index in [4.69, 9.17) is 4.74 Å². The molecule has 1 saturated heterocycles. The average Bonchev–Trinajstić information content (AvgIpc) is 2.30. The minimum absolute atomic E-state index is 0.302. The van der Waals surface area contributed by atoms with Crippen LogP contribution in [0.5, 0.6) is 0 Å². The number of likely N-dealkylation sites (tertiary alicyclic amines) is 1. The van der Waals surface area contributed by atoms with Crippen LogP contribution in [-0.2, 0) is 4.74 Å². The van der Waals surface area contributed by atoms with Crippen molar-refractivity contribution < 1.29 is 9.53 Å². The predicted octanol–water partition coefficient (Wildman–Crippen LogP) is 1.36. The summed E-state index contributed by atoms with van der Waals surface area (Å²) in [5.74, 6) is 0.302. The molecule has 1 heterocycles. The quantitative estimate of drug-likeness (QED) is 0.807. The van der Waals surface area contributed by atoms with Gasteiger partial charge in [0.25, 0.3) is 0 Å². The van der Waals surface area contributed by atoms with E-state index in [2.05, 4.69) is 16.3 Å². The van der Waals surface area contributed by atoms with Crippen molar-refractivity contribution in [2.24, 2.45) is 5.92 Å². The molecule has 5 nitrogen and oxygen atoms in total. The summed E-state index contributed by atoms with van der Waals surface area (Å²) >= 11 is 0. The van der Waals surface area contributed by atoms with Gasteiger partial charge in [-0.05, 0) is 25.8 Å². The summed E-state index contributed by atoms with van der Waals surface area (Å²) in [6.45, 7) is 5.97. The molecule has 0 aromatic heterocycles. The summed E-state index contributed by atoms with van der Waals surface area (Å²) in [4.78, 5) is 13.7. The Balaban J connectivity index is 2.47. The Morgan fingerprint density at radius 3 is 2.59 bits per heavy atom. The molecular weight excluding hydrogens is 218 g/mol. The van der Waals surface area contributed by atoms with Gasteiger partial charge in [-0.1, -0.05) is 13.8 Å². The molecule has 5 heteroatoms. The Kier molecular flexibility index (Phi) is 4.76. The molecule has 0 atom stereocenters. The summed E-state index contributed by atoms with van der Waals surface area (Å²) in [6.07, 6.45) is 0.818. The van der Waals surface area contributed by atoms with E-state index < -0.39 is 11.6 Å². The number of rotatable bonds is 3. The highest BCUT2D eigenvalue weighted by Gasteiger charge is 2.35. The van der Waals surface area contributed by atoms with Gasteiger partial charge < -0.3 is 15.0 Å². The molecule has 1 aliphatic rings. The highest BCUT2D eigenvalue weighted by Crippen LogP contribution is 2.20. The Morgan fingerprint density at radius 1 is 1.53 bits per heavy atom. The number of alkyl carbamates (subject to hydrolysis) is 1. The summed E-state index contributed by atoms with van der Waals surface area (Å²) in [5.41, 5.74) is -0.749. The summed E-state index contributed by atoms with van der Waals surface area (Å²) in [6, 6.07) is 2.22. The average molecular weight is 239 g/mol. The fourth-order valence-corrected chi connectivity index (χ4v) is 1.74. The number of carbonyl (C=O) groups is 1. The SMILES string of the molecule is CC(C)COC(=O)NC1(C#N)CCN(C)CC1. The van der Waals surface area contributed by atoms with E-state index in [-0.39, 0.29) is 0 Å². The van der Waals surface area contributed by atoms with E-state index in [1.807, 2.05) is 20.9 Å². The molecule has 1 aliphatic heterocycles. The van der Waals surface area contributed by atoms with Crippen LogP contribution in [0.4, 0.5) is 4.79 Å². The van der Waals surface area contributed by atoms with Gasteiger partial charge in [-0.25, -0.2) is 4.79 Å². The van der Waals surface area contributed by atoms with Crippen molar-refractivity contribution in [3.8, 4) is 6.07 Å². The van der Waals surface area contributed by atoms with Gasteiger partial charge in [-0.15, -0.1) is 0 Å². The van der Waals surface area contributed by atoms with E-state index >= 15 is 0 Å². The van der Waals surface area contributed by atoms with E-state index in [0.29, 0.717) is 25.4 Å². The van der Waals surface area contributed by atoms with Crippen molar-refractivity contribution in [3.05, 3.63) is 0 Å². The maximum atomic E-state index is 11.6. The number of ether oxygens (including phenoxy) is 1. The number of nitrogens with zero attached hydrogens (tertiary/aromatic N) is 2. The number of hydrogen-bond acceptors (Lipinski definition) is 4. The lowest BCUT2D eigenvalue weighted by Gasteiger charge is -2.35. The van der Waals surface area contributed by atoms with Gasteiger partial charge in [0.05, 0.1) is 12.7 Å². The molecule has 1 fully saturated rings. The second-order valence-electron chi connectivity index (χ2n) is 5.11. The highest BCUT2D eigenvalue weighted by molar-refractivity contribution is 5.69. The minimum Gasteiger partial charge on any atom is -0.449 e. The third kappa shape index (κ3) is 4.23. The second kappa shape index (κ2) is 5.87. The summed E-state index contributed by atoms with van der Waals surface area (Å²) in [7, 11) is 2.01. The van der Waals surface area contributed by atoms with Gasteiger partial charge in [-0.3, -0.25) is 0 Å². The Bertz CT molecular complexity index is 301. The number of hydrogen-bond donors (Lipinski definition) is 1. The second-order valence-corrected chi connectivity index (χ2v) is 5.11. The van der Waals surface area contributed by atoms with Crippen molar-refractivity contribution in [2.75, 3.05) is 26.7 Å². The molecule has 1 amide bonds. The number of carbonyl (C=O) groups excluding carboxylic acids is 1. The number of piperidine rings is 1. The summed E-state index contributed by atoms with van der Waals surface area (Å²) in [5, 5.41) is 11.9. The van der Waals surface area contributed by atoms with Gasteiger partial charge in [0, 0.05) is 13.1 Å². The summed E-state index contributed by atoms with van der Waals surface area (Å²) < 4.78 is 5.05. The van der Waals surface area contributed by atoms with Crippen LogP contribution in [0.3, 0.4) is 0 Å². The minimum atomic E-state index is -0.749. The van der Waals surface area contributed by atoms with Crippen molar-refractivity contribution in [2.45, 2.75) is 32.2 Å². The first-order valence-electron chi connectivity index (χ1n) is 6.02. The third-order valence-corrected chi connectivity index (χ3v) is 2.94. The maximum Gasteiger partial charge on any atom is 0.408 e. The van der Waals surface area contributed by atoms with Crippen LogP contribution in [0.1, 0.15) is 26.7 Å². The van der Waals surface area contributed by atoms with Crippen LogP contribution >= 0.6 is 0 Å². The van der Waals surface area contributed by atoms with Crippen molar-refractivity contribution in [1.29, 1.82) is 5.26 Å². The molecule has 0 radical (unpaired) electrons. The molecule has 17 heavy (non-hydrogen) atoms. The Morgan fingerprint density at radius 2 is 2.12 bits per heavy atom. The zero-order valence-corrected chi connectivity index (χ0v) is 10.8. The number of nitrogens with one attached hydrogen (secondary N) is 1. The lowest BCUT2D eigenvalue weighted by molar-refractivity contribution is 0.114. The normalized spacial score (nSPS) is 19.7. The van der Waals surface area contributed by atoms with Gasteiger partial charge in [0.2, 0.25) is 0 Å². The van der Waals surface area contributed by atoms with E-state index in [1.54, 1.807) is 0 Å². The van der Waals surface area contributed by atoms with Crippen LogP contribution in [0, 0.1) is 17.2 Å². The fourth-order valence-electron chi connectivity index (χ4n) is 1.74. The zero-order valence-electron chi connectivity index (χ0n) is 10.8. The molecule has 0 unspecified atom stereocenters. The molecule has 1 N–H and O–H groups in total. The standard InChI is InChI=1S/C12H21N3O2/c1-10(2)8-17-11(16)14-12(9-13)4-6-15(3)7-5-12/h10H,4-8H2,1-3H3,(H,14,16). The lowest BCUT2D eigenvalue weighted by Crippen LogP contribution is -2.54. The topological polar surface area (TPSA) is 65.4 Å². The largest absolute Gasteiger partial charge is 0.449 e. The molecular formula is C12H21N3O2. The first-order chi connectivity index (χ1) is 7.97. The van der Waals surface area contributed by atoms with E-state index in [1.165, 1.54) is 0 Å². The fraction of sp³-hybridized carbons (Fsp3) is 0.833. The van der Waals surface area contributed by atoms with Gasteiger partial charge in [-0.2, -0.15) is 5.26 Å². The van der Waals surface area contributed by atoms with E-state index in [0.717, 1.165) is 13.1 Å². The van der Waals surface area contributed by atoms with Gasteiger partial charge in [0.15, 0.2) is 0 Å². The molecule has 0 bridgehead atoms. The van der Waals surface area contributed by atoms with Crippen molar-refractivity contribution in [3.63, 3.8) is 0 Å². The number of amides is 1. The van der Waals surface area contributed by atoms with Gasteiger partial charge >= 0.3 is 6.09 Å². The van der Waals surface area contributed by atoms with Crippen LogP contribution < -0.4 is 5.32 Å². The molecule has 1 rings (SSSR count). The third-order valence-electron chi connectivity index (χ3n) is 2.94. The molecule has 0 aliphatic carbocycles. The Labute approximate surface area is 103 Å². The van der Waals surface area contributed by atoms with Crippen LogP contribution in [0.2, 0.25) is 0 Å². The highest BCUT2D eigenvalue weighted by atomic mass is 16.5. The van der Waals surface area contributed by atoms with E-state index in [9.17, 15) is 10.1 Å². The van der Waals surface area contributed by atoms with Crippen LogP contribution in [0.25, 0.3) is 0 Å². The zero-order chi connectivity index (χ0) is 12.9. The first kappa shape index (κ1) is 13.8. The number of nitriles is 1. The molecule has 0 aromatic carbocycles. The lowest BCUT2D eigenvalue weighted by atomic mass is 9.89.